The van der Waals surface area contributed by atoms with Crippen LogP contribution < -0.4 is 5.32 Å². The molecule has 1 aromatic carbocycles. The lowest BCUT2D eigenvalue weighted by atomic mass is 9.90. The summed E-state index contributed by atoms with van der Waals surface area (Å²) in [6.45, 7) is 16.1. The Bertz CT molecular complexity index is 541. The lowest BCUT2D eigenvalue weighted by molar-refractivity contribution is 0.281. The van der Waals surface area contributed by atoms with Crippen LogP contribution in [-0.4, -0.2) is 29.9 Å². The minimum Gasteiger partial charge on any atom is -0.352 e. The van der Waals surface area contributed by atoms with Gasteiger partial charge in [-0.3, -0.25) is 4.90 Å². The van der Waals surface area contributed by atoms with Crippen LogP contribution >= 0.6 is 24.2 Å². The average molecular weight is 342 g/mol. The number of amidine groups is 1. The molecular formula is C17H28ClN3S. The van der Waals surface area contributed by atoms with Gasteiger partial charge in [-0.1, -0.05) is 18.7 Å². The monoisotopic (exact) mass is 341 g/mol. The molecule has 0 saturated heterocycles. The molecular weight excluding hydrogens is 314 g/mol. The number of aliphatic imine (C=N–C) groups is 1. The third kappa shape index (κ3) is 3.98. The van der Waals surface area contributed by atoms with E-state index in [0.717, 1.165) is 30.8 Å². The summed E-state index contributed by atoms with van der Waals surface area (Å²) >= 11 is 1.83. The Balaban J connectivity index is 0.00000242. The van der Waals surface area contributed by atoms with E-state index in [1.54, 1.807) is 0 Å². The van der Waals surface area contributed by atoms with Gasteiger partial charge in [0.05, 0.1) is 13.3 Å². The van der Waals surface area contributed by atoms with Crippen molar-refractivity contribution in [2.24, 2.45) is 4.99 Å². The number of benzene rings is 1. The van der Waals surface area contributed by atoms with E-state index in [1.807, 2.05) is 11.8 Å². The van der Waals surface area contributed by atoms with E-state index < -0.39 is 0 Å². The molecule has 1 N–H and O–H groups in total. The van der Waals surface area contributed by atoms with Crippen molar-refractivity contribution in [3.8, 4) is 0 Å². The van der Waals surface area contributed by atoms with Gasteiger partial charge in [0.2, 0.25) is 0 Å². The first-order valence-electron chi connectivity index (χ1n) is 7.65. The third-order valence-corrected chi connectivity index (χ3v) is 5.80. The van der Waals surface area contributed by atoms with Gasteiger partial charge in [-0.05, 0) is 74.5 Å². The first-order valence-corrected chi connectivity index (χ1v) is 8.63. The molecule has 0 fully saturated rings. The summed E-state index contributed by atoms with van der Waals surface area (Å²) in [5, 5.41) is 4.49. The molecule has 0 spiro atoms. The van der Waals surface area contributed by atoms with Crippen LogP contribution in [0.2, 0.25) is 0 Å². The summed E-state index contributed by atoms with van der Waals surface area (Å²) in [6.07, 6.45) is 0. The Morgan fingerprint density at radius 2 is 1.55 bits per heavy atom. The number of hydrogen-bond donors (Lipinski definition) is 1. The maximum absolute atomic E-state index is 4.61. The molecule has 0 aromatic heterocycles. The van der Waals surface area contributed by atoms with E-state index in [4.69, 9.17) is 0 Å². The van der Waals surface area contributed by atoms with Gasteiger partial charge in [0.1, 0.15) is 0 Å². The van der Waals surface area contributed by atoms with Gasteiger partial charge < -0.3 is 5.32 Å². The molecule has 0 radical (unpaired) electrons. The molecule has 0 aliphatic carbocycles. The van der Waals surface area contributed by atoms with Crippen LogP contribution in [-0.2, 0) is 5.75 Å². The van der Waals surface area contributed by atoms with E-state index in [2.05, 4.69) is 56.8 Å². The molecule has 1 aliphatic heterocycles. The quantitative estimate of drug-likeness (QED) is 0.897. The Labute approximate surface area is 145 Å². The highest BCUT2D eigenvalue weighted by Gasteiger charge is 2.15. The largest absolute Gasteiger partial charge is 0.352 e. The van der Waals surface area contributed by atoms with Crippen LogP contribution in [0, 0.1) is 34.6 Å². The lowest BCUT2D eigenvalue weighted by Gasteiger charge is -2.25. The Morgan fingerprint density at radius 3 is 2.00 bits per heavy atom. The summed E-state index contributed by atoms with van der Waals surface area (Å²) in [4.78, 5) is 6.89. The van der Waals surface area contributed by atoms with Gasteiger partial charge in [-0.25, -0.2) is 4.99 Å². The zero-order valence-corrected chi connectivity index (χ0v) is 16.2. The minimum absolute atomic E-state index is 0. The highest BCUT2D eigenvalue weighted by Crippen LogP contribution is 2.29. The van der Waals surface area contributed by atoms with Gasteiger partial charge in [0.25, 0.3) is 0 Å². The zero-order valence-electron chi connectivity index (χ0n) is 14.5. The molecule has 0 bridgehead atoms. The lowest BCUT2D eigenvalue weighted by Crippen LogP contribution is -2.41. The number of nitrogens with one attached hydrogen (secondary N) is 1. The number of thioether (sulfide) groups is 1. The second-order valence-electron chi connectivity index (χ2n) is 5.82. The van der Waals surface area contributed by atoms with Gasteiger partial charge in [0, 0.05) is 5.75 Å². The Morgan fingerprint density at radius 1 is 1.00 bits per heavy atom. The summed E-state index contributed by atoms with van der Waals surface area (Å²) in [6, 6.07) is 0. The molecule has 0 atom stereocenters. The summed E-state index contributed by atoms with van der Waals surface area (Å²) in [5.41, 5.74) is 8.66. The van der Waals surface area contributed by atoms with Crippen LogP contribution in [0.3, 0.4) is 0 Å². The van der Waals surface area contributed by atoms with Gasteiger partial charge in [-0.15, -0.1) is 12.4 Å². The standard InChI is InChI=1S/C17H27N3S.ClH/c1-7-20-9-18-17(19-10-20)21-8-16-14(5)12(3)11(2)13(4)15(16)6;/h7-10H2,1-6H3,(H,18,19);1H. The van der Waals surface area contributed by atoms with Crippen LogP contribution in [0.15, 0.2) is 4.99 Å². The molecule has 0 amide bonds. The van der Waals surface area contributed by atoms with Crippen molar-refractivity contribution in [2.75, 3.05) is 19.9 Å². The van der Waals surface area contributed by atoms with Gasteiger partial charge >= 0.3 is 0 Å². The highest BCUT2D eigenvalue weighted by molar-refractivity contribution is 8.13. The molecule has 2 rings (SSSR count). The number of nitrogens with zero attached hydrogens (tertiary/aromatic N) is 2. The smallest absolute Gasteiger partial charge is 0.159 e. The molecule has 1 aromatic rings. The molecule has 124 valence electrons. The predicted molar refractivity (Wildman–Crippen MR) is 101 cm³/mol. The van der Waals surface area contributed by atoms with Crippen molar-refractivity contribution in [3.05, 3.63) is 33.4 Å². The fraction of sp³-hybridized carbons (Fsp3) is 0.588. The van der Waals surface area contributed by atoms with Gasteiger partial charge in [0.15, 0.2) is 5.17 Å². The van der Waals surface area contributed by atoms with Crippen molar-refractivity contribution in [3.63, 3.8) is 0 Å². The van der Waals surface area contributed by atoms with Crippen LogP contribution in [0.4, 0.5) is 0 Å². The molecule has 0 saturated carbocycles. The van der Waals surface area contributed by atoms with Crippen LogP contribution in [0.1, 0.15) is 40.3 Å². The molecule has 5 heteroatoms. The average Bonchev–Trinajstić information content (AvgIpc) is 2.51. The first-order chi connectivity index (χ1) is 9.95. The minimum atomic E-state index is 0. The molecule has 1 aliphatic rings. The summed E-state index contributed by atoms with van der Waals surface area (Å²) < 4.78 is 0. The van der Waals surface area contributed by atoms with Crippen LogP contribution in [0.25, 0.3) is 0 Å². The summed E-state index contributed by atoms with van der Waals surface area (Å²) in [5.74, 6) is 0.998. The van der Waals surface area contributed by atoms with Crippen molar-refractivity contribution in [1.29, 1.82) is 0 Å². The van der Waals surface area contributed by atoms with Crippen molar-refractivity contribution in [2.45, 2.75) is 47.3 Å². The number of halogens is 1. The highest BCUT2D eigenvalue weighted by atomic mass is 35.5. The maximum Gasteiger partial charge on any atom is 0.159 e. The molecule has 22 heavy (non-hydrogen) atoms. The van der Waals surface area contributed by atoms with E-state index in [9.17, 15) is 0 Å². The van der Waals surface area contributed by atoms with Crippen molar-refractivity contribution in [1.82, 2.24) is 10.2 Å². The van der Waals surface area contributed by atoms with E-state index in [1.165, 1.54) is 33.4 Å². The maximum atomic E-state index is 4.61. The summed E-state index contributed by atoms with van der Waals surface area (Å²) in [7, 11) is 0. The normalized spacial score (nSPS) is 15.1. The van der Waals surface area contributed by atoms with E-state index >= 15 is 0 Å². The third-order valence-electron chi connectivity index (χ3n) is 4.82. The van der Waals surface area contributed by atoms with Crippen molar-refractivity contribution >= 4 is 29.3 Å². The predicted octanol–water partition coefficient (Wildman–Crippen LogP) is 4.08. The van der Waals surface area contributed by atoms with E-state index in [0.29, 0.717) is 0 Å². The fourth-order valence-corrected chi connectivity index (χ4v) is 3.72. The van der Waals surface area contributed by atoms with Crippen molar-refractivity contribution < 1.29 is 0 Å². The van der Waals surface area contributed by atoms with E-state index in [-0.39, 0.29) is 12.4 Å². The second kappa shape index (κ2) is 8.23. The fourth-order valence-electron chi connectivity index (χ4n) is 2.69. The number of hydrogen-bond acceptors (Lipinski definition) is 4. The Hall–Kier alpha value is -0.710. The van der Waals surface area contributed by atoms with Crippen LogP contribution in [0.5, 0.6) is 0 Å². The van der Waals surface area contributed by atoms with Gasteiger partial charge in [-0.2, -0.15) is 0 Å². The zero-order chi connectivity index (χ0) is 15.6. The molecule has 3 nitrogen and oxygen atoms in total. The topological polar surface area (TPSA) is 27.6 Å². The second-order valence-corrected chi connectivity index (χ2v) is 6.78. The molecule has 0 unspecified atom stereocenters. The number of rotatable bonds is 3. The SMILES string of the molecule is CCN1CN=C(SCc2c(C)c(C)c(C)c(C)c2C)NC1.Cl. The first kappa shape index (κ1) is 19.3. The Kier molecular flexibility index (Phi) is 7.23. The molecule has 1 heterocycles.